The minimum atomic E-state index is -0.265. The molecule has 0 atom stereocenters. The summed E-state index contributed by atoms with van der Waals surface area (Å²) in [6.45, 7) is 2.06. The van der Waals surface area contributed by atoms with Gasteiger partial charge in [-0.1, -0.05) is 42.8 Å². The lowest BCUT2D eigenvalue weighted by atomic mass is 9.95. The Morgan fingerprint density at radius 3 is 2.60 bits per heavy atom. The summed E-state index contributed by atoms with van der Waals surface area (Å²) in [6.07, 6.45) is 4.79. The summed E-state index contributed by atoms with van der Waals surface area (Å²) in [5.41, 5.74) is 4.03. The van der Waals surface area contributed by atoms with Gasteiger partial charge in [-0.25, -0.2) is 0 Å². The Bertz CT molecular complexity index is 1110. The molecule has 1 aromatic heterocycles. The first-order valence-electron chi connectivity index (χ1n) is 10.2. The van der Waals surface area contributed by atoms with Gasteiger partial charge in [0.2, 0.25) is 0 Å². The van der Waals surface area contributed by atoms with Crippen LogP contribution in [0.3, 0.4) is 0 Å². The summed E-state index contributed by atoms with van der Waals surface area (Å²) >= 11 is 7.55. The molecule has 1 heterocycles. The Morgan fingerprint density at radius 1 is 1.00 bits per heavy atom. The fourth-order valence-electron chi connectivity index (χ4n) is 3.83. The summed E-state index contributed by atoms with van der Waals surface area (Å²) in [5, 5.41) is 7.15. The molecule has 0 saturated carbocycles. The molecule has 0 aliphatic heterocycles. The van der Waals surface area contributed by atoms with E-state index in [-0.39, 0.29) is 11.8 Å². The molecular weight excluding hydrogens is 416 g/mol. The molecule has 30 heavy (non-hydrogen) atoms. The highest BCUT2D eigenvalue weighted by atomic mass is 35.5. The van der Waals surface area contributed by atoms with Crippen LogP contribution in [-0.2, 0) is 19.3 Å². The molecule has 0 saturated heterocycles. The van der Waals surface area contributed by atoms with Gasteiger partial charge in [0.15, 0.2) is 0 Å². The second kappa shape index (κ2) is 9.02. The number of benzene rings is 2. The molecule has 2 N–H and O–H groups in total. The molecule has 1 aliphatic carbocycles. The number of thiophene rings is 1. The number of halogens is 1. The number of amides is 2. The Hall–Kier alpha value is -2.63. The predicted octanol–water partition coefficient (Wildman–Crippen LogP) is 6.35. The molecule has 0 fully saturated rings. The lowest BCUT2D eigenvalue weighted by Crippen LogP contribution is -2.19. The van der Waals surface area contributed by atoms with Gasteiger partial charge in [-0.15, -0.1) is 11.3 Å². The smallest absolute Gasteiger partial charge is 0.258 e. The topological polar surface area (TPSA) is 58.2 Å². The van der Waals surface area contributed by atoms with Crippen LogP contribution in [0.1, 0.15) is 56.5 Å². The Morgan fingerprint density at radius 2 is 1.80 bits per heavy atom. The number of hydrogen-bond acceptors (Lipinski definition) is 3. The van der Waals surface area contributed by atoms with Gasteiger partial charge in [0.1, 0.15) is 5.00 Å². The van der Waals surface area contributed by atoms with Gasteiger partial charge in [0.05, 0.1) is 5.56 Å². The number of hydrogen-bond donors (Lipinski definition) is 2. The molecule has 4 nitrogen and oxygen atoms in total. The van der Waals surface area contributed by atoms with Gasteiger partial charge in [0, 0.05) is 21.2 Å². The maximum Gasteiger partial charge on any atom is 0.258 e. The Balaban J connectivity index is 1.67. The lowest BCUT2D eigenvalue weighted by molar-refractivity contribution is 0.102. The highest BCUT2D eigenvalue weighted by molar-refractivity contribution is 7.17. The molecule has 6 heteroatoms. The van der Waals surface area contributed by atoms with Crippen LogP contribution in [0, 0.1) is 0 Å². The minimum absolute atomic E-state index is 0.170. The van der Waals surface area contributed by atoms with E-state index in [9.17, 15) is 9.59 Å². The van der Waals surface area contributed by atoms with E-state index in [0.29, 0.717) is 21.2 Å². The van der Waals surface area contributed by atoms with Crippen molar-refractivity contribution in [2.75, 3.05) is 10.6 Å². The second-order valence-electron chi connectivity index (χ2n) is 7.34. The monoisotopic (exact) mass is 438 g/mol. The minimum Gasteiger partial charge on any atom is -0.322 e. The molecule has 0 unspecified atom stereocenters. The summed E-state index contributed by atoms with van der Waals surface area (Å²) in [7, 11) is 0. The van der Waals surface area contributed by atoms with E-state index in [4.69, 9.17) is 11.6 Å². The van der Waals surface area contributed by atoms with E-state index in [1.54, 1.807) is 24.3 Å². The molecule has 2 aromatic carbocycles. The first-order valence-corrected chi connectivity index (χ1v) is 11.4. The zero-order chi connectivity index (χ0) is 21.1. The lowest BCUT2D eigenvalue weighted by Gasteiger charge is -2.14. The maximum absolute atomic E-state index is 13.3. The quantitative estimate of drug-likeness (QED) is 0.487. The molecular formula is C24H23ClN2O2S. The standard InChI is InChI=1S/C24H23ClN2O2S/c1-2-15-8-3-5-12-19(15)26-23(29)21-18-11-4-6-13-20(18)30-24(21)27-22(28)16-9-7-10-17(25)14-16/h3,5,7-10,12,14H,2,4,6,11,13H2,1H3,(H,26,29)(H,27,28). The predicted molar refractivity (Wildman–Crippen MR) is 124 cm³/mol. The van der Waals surface area contributed by atoms with Crippen LogP contribution in [0.25, 0.3) is 0 Å². The van der Waals surface area contributed by atoms with Crippen molar-refractivity contribution >= 4 is 45.4 Å². The van der Waals surface area contributed by atoms with Gasteiger partial charge in [-0.05, 0) is 67.5 Å². The summed E-state index contributed by atoms with van der Waals surface area (Å²) in [6, 6.07) is 14.6. The first-order chi connectivity index (χ1) is 14.6. The Labute approximate surface area is 185 Å². The van der Waals surface area contributed by atoms with Gasteiger partial charge >= 0.3 is 0 Å². The largest absolute Gasteiger partial charge is 0.322 e. The van der Waals surface area contributed by atoms with Crippen molar-refractivity contribution in [3.63, 3.8) is 0 Å². The summed E-state index contributed by atoms with van der Waals surface area (Å²) < 4.78 is 0. The van der Waals surface area contributed by atoms with Crippen molar-refractivity contribution in [2.45, 2.75) is 39.0 Å². The number of anilines is 2. The molecule has 154 valence electrons. The number of aryl methyl sites for hydroxylation is 2. The number of para-hydroxylation sites is 1. The fourth-order valence-corrected chi connectivity index (χ4v) is 5.31. The van der Waals surface area contributed by atoms with Crippen molar-refractivity contribution in [1.82, 2.24) is 0 Å². The van der Waals surface area contributed by atoms with Gasteiger partial charge in [-0.3, -0.25) is 9.59 Å². The Kier molecular flexibility index (Phi) is 6.21. The number of carbonyl (C=O) groups excluding carboxylic acids is 2. The van der Waals surface area contributed by atoms with Crippen LogP contribution >= 0.6 is 22.9 Å². The van der Waals surface area contributed by atoms with Crippen molar-refractivity contribution < 1.29 is 9.59 Å². The molecule has 0 radical (unpaired) electrons. The average Bonchev–Trinajstić information content (AvgIpc) is 3.12. The molecule has 0 spiro atoms. The van der Waals surface area contributed by atoms with Crippen LogP contribution in [0.15, 0.2) is 48.5 Å². The maximum atomic E-state index is 13.3. The zero-order valence-corrected chi connectivity index (χ0v) is 18.3. The first kappa shape index (κ1) is 20.6. The third-order valence-corrected chi connectivity index (χ3v) is 6.80. The van der Waals surface area contributed by atoms with Crippen molar-refractivity contribution in [2.24, 2.45) is 0 Å². The molecule has 0 bridgehead atoms. The summed E-state index contributed by atoms with van der Waals surface area (Å²) in [4.78, 5) is 27.3. The molecule has 2 amide bonds. The van der Waals surface area contributed by atoms with E-state index in [1.165, 1.54) is 16.2 Å². The number of carbonyl (C=O) groups is 2. The van der Waals surface area contributed by atoms with E-state index >= 15 is 0 Å². The van der Waals surface area contributed by atoms with E-state index in [1.807, 2.05) is 24.3 Å². The van der Waals surface area contributed by atoms with Gasteiger partial charge in [-0.2, -0.15) is 0 Å². The van der Waals surface area contributed by atoms with E-state index in [0.717, 1.165) is 48.9 Å². The summed E-state index contributed by atoms with van der Waals surface area (Å²) in [5.74, 6) is -0.434. The van der Waals surface area contributed by atoms with Crippen LogP contribution in [0.2, 0.25) is 5.02 Å². The van der Waals surface area contributed by atoms with Crippen LogP contribution in [-0.4, -0.2) is 11.8 Å². The highest BCUT2D eigenvalue weighted by Gasteiger charge is 2.27. The highest BCUT2D eigenvalue weighted by Crippen LogP contribution is 2.39. The SMILES string of the molecule is CCc1ccccc1NC(=O)c1c(NC(=O)c2cccc(Cl)c2)sc2c1CCCC2. The normalized spacial score (nSPS) is 12.9. The van der Waals surface area contributed by atoms with Gasteiger partial charge < -0.3 is 10.6 Å². The van der Waals surface area contributed by atoms with Crippen molar-refractivity contribution in [3.05, 3.63) is 80.7 Å². The van der Waals surface area contributed by atoms with Crippen LogP contribution < -0.4 is 10.6 Å². The molecule has 1 aliphatic rings. The van der Waals surface area contributed by atoms with Crippen LogP contribution in [0.5, 0.6) is 0 Å². The average molecular weight is 439 g/mol. The van der Waals surface area contributed by atoms with Gasteiger partial charge in [0.25, 0.3) is 11.8 Å². The number of rotatable bonds is 5. The number of fused-ring (bicyclic) bond motifs is 1. The zero-order valence-electron chi connectivity index (χ0n) is 16.8. The molecule has 4 rings (SSSR count). The van der Waals surface area contributed by atoms with Crippen molar-refractivity contribution in [1.29, 1.82) is 0 Å². The number of nitrogens with one attached hydrogen (secondary N) is 2. The van der Waals surface area contributed by atoms with E-state index < -0.39 is 0 Å². The molecule has 3 aromatic rings. The van der Waals surface area contributed by atoms with Crippen molar-refractivity contribution in [3.8, 4) is 0 Å². The van der Waals surface area contributed by atoms with Crippen LogP contribution in [0.4, 0.5) is 10.7 Å². The van der Waals surface area contributed by atoms with E-state index in [2.05, 4.69) is 17.6 Å². The fraction of sp³-hybridized carbons (Fsp3) is 0.250. The third-order valence-electron chi connectivity index (χ3n) is 5.36. The third kappa shape index (κ3) is 4.27. The second-order valence-corrected chi connectivity index (χ2v) is 8.89.